The summed E-state index contributed by atoms with van der Waals surface area (Å²) in [7, 11) is 0. The van der Waals surface area contributed by atoms with E-state index < -0.39 is 0 Å². The van der Waals surface area contributed by atoms with Crippen LogP contribution < -0.4 is 5.73 Å². The smallest absolute Gasteiger partial charge is 0.107 e. The van der Waals surface area contributed by atoms with Crippen molar-refractivity contribution in [2.75, 3.05) is 13.1 Å². The Hall–Kier alpha value is -1.23. The summed E-state index contributed by atoms with van der Waals surface area (Å²) in [6.45, 7) is 5.33. The fraction of sp³-hybridized carbons (Fsp3) is 0.526. The average molecular weight is 327 g/mol. The molecule has 0 radical (unpaired) electrons. The quantitative estimate of drug-likeness (QED) is 0.941. The summed E-state index contributed by atoms with van der Waals surface area (Å²) < 4.78 is 0. The molecule has 2 N–H and O–H groups in total. The minimum Gasteiger partial charge on any atom is -0.326 e. The minimum absolute atomic E-state index is 0.229. The molecule has 3 nitrogen and oxygen atoms in total. The number of fused-ring (bicyclic) bond motifs is 1. The highest BCUT2D eigenvalue weighted by Crippen LogP contribution is 2.32. The number of thiazole rings is 1. The lowest BCUT2D eigenvalue weighted by Gasteiger charge is -2.15. The summed E-state index contributed by atoms with van der Waals surface area (Å²) in [5.41, 5.74) is 9.15. The SMILES string of the molecule is CC1CCc2nc(CN3C[C@@H](N)[C@H](c4ccccc4)C3)sc2C1. The summed E-state index contributed by atoms with van der Waals surface area (Å²) in [5, 5.41) is 1.28. The molecule has 1 saturated heterocycles. The Kier molecular flexibility index (Phi) is 4.22. The summed E-state index contributed by atoms with van der Waals surface area (Å²) >= 11 is 1.93. The monoisotopic (exact) mass is 327 g/mol. The number of nitrogens with zero attached hydrogens (tertiary/aromatic N) is 2. The van der Waals surface area contributed by atoms with Crippen LogP contribution in [-0.4, -0.2) is 29.0 Å². The maximum absolute atomic E-state index is 6.41. The number of rotatable bonds is 3. The third kappa shape index (κ3) is 3.21. The number of hydrogen-bond donors (Lipinski definition) is 1. The highest BCUT2D eigenvalue weighted by atomic mass is 32.1. The van der Waals surface area contributed by atoms with Crippen molar-refractivity contribution in [1.82, 2.24) is 9.88 Å². The first-order valence-electron chi connectivity index (χ1n) is 8.69. The molecule has 2 aliphatic rings. The molecule has 4 rings (SSSR count). The fourth-order valence-electron chi connectivity index (χ4n) is 3.95. The van der Waals surface area contributed by atoms with Crippen LogP contribution >= 0.6 is 11.3 Å². The largest absolute Gasteiger partial charge is 0.326 e. The first-order valence-corrected chi connectivity index (χ1v) is 9.51. The second kappa shape index (κ2) is 6.34. The summed E-state index contributed by atoms with van der Waals surface area (Å²) in [5.74, 6) is 1.27. The normalized spacial score (nSPS) is 28.0. The van der Waals surface area contributed by atoms with Gasteiger partial charge in [0.1, 0.15) is 5.01 Å². The van der Waals surface area contributed by atoms with Crippen molar-refractivity contribution in [2.24, 2.45) is 11.7 Å². The lowest BCUT2D eigenvalue weighted by Crippen LogP contribution is -2.28. The molecule has 122 valence electrons. The van der Waals surface area contributed by atoms with Gasteiger partial charge in [0.25, 0.3) is 0 Å². The van der Waals surface area contributed by atoms with Gasteiger partial charge >= 0.3 is 0 Å². The van der Waals surface area contributed by atoms with Gasteiger partial charge in [0.05, 0.1) is 12.2 Å². The fourth-order valence-corrected chi connectivity index (χ4v) is 5.27. The summed E-state index contributed by atoms with van der Waals surface area (Å²) in [6, 6.07) is 10.9. The Morgan fingerprint density at radius 1 is 1.26 bits per heavy atom. The Labute approximate surface area is 142 Å². The van der Waals surface area contributed by atoms with Gasteiger partial charge in [-0.15, -0.1) is 11.3 Å². The van der Waals surface area contributed by atoms with Crippen molar-refractivity contribution >= 4 is 11.3 Å². The Morgan fingerprint density at radius 2 is 2.09 bits per heavy atom. The van der Waals surface area contributed by atoms with Gasteiger partial charge in [-0.25, -0.2) is 4.98 Å². The van der Waals surface area contributed by atoms with Gasteiger partial charge < -0.3 is 5.73 Å². The summed E-state index contributed by atoms with van der Waals surface area (Å²) in [4.78, 5) is 8.92. The highest BCUT2D eigenvalue weighted by Gasteiger charge is 2.32. The number of aryl methyl sites for hydroxylation is 1. The zero-order chi connectivity index (χ0) is 15.8. The van der Waals surface area contributed by atoms with E-state index in [1.165, 1.54) is 40.4 Å². The summed E-state index contributed by atoms with van der Waals surface area (Å²) in [6.07, 6.45) is 3.68. The van der Waals surface area contributed by atoms with Gasteiger partial charge in [0.2, 0.25) is 0 Å². The molecule has 4 heteroatoms. The molecule has 1 aromatic heterocycles. The van der Waals surface area contributed by atoms with E-state index >= 15 is 0 Å². The lowest BCUT2D eigenvalue weighted by molar-refractivity contribution is 0.323. The molecule has 1 aromatic carbocycles. The standard InChI is InChI=1S/C19H25N3S/c1-13-7-8-17-18(9-13)23-19(21-17)12-22-10-15(16(20)11-22)14-5-3-2-4-6-14/h2-6,13,15-16H,7-12,20H2,1H3/t13?,15-,16+/m0/s1. The average Bonchev–Trinajstić information content (AvgIpc) is 3.10. The van der Waals surface area contributed by atoms with E-state index in [0.717, 1.165) is 25.6 Å². The van der Waals surface area contributed by atoms with E-state index in [1.807, 2.05) is 11.3 Å². The maximum Gasteiger partial charge on any atom is 0.107 e. The number of aromatic nitrogens is 1. The number of hydrogen-bond acceptors (Lipinski definition) is 4. The van der Waals surface area contributed by atoms with E-state index in [1.54, 1.807) is 0 Å². The van der Waals surface area contributed by atoms with Gasteiger partial charge in [-0.1, -0.05) is 37.3 Å². The van der Waals surface area contributed by atoms with Gasteiger partial charge in [-0.05, 0) is 30.7 Å². The van der Waals surface area contributed by atoms with Crippen molar-refractivity contribution in [3.8, 4) is 0 Å². The Balaban J connectivity index is 1.44. The van der Waals surface area contributed by atoms with Gasteiger partial charge in [0.15, 0.2) is 0 Å². The van der Waals surface area contributed by atoms with E-state index in [-0.39, 0.29) is 6.04 Å². The molecule has 1 unspecified atom stereocenters. The molecule has 2 heterocycles. The van der Waals surface area contributed by atoms with Crippen molar-refractivity contribution in [1.29, 1.82) is 0 Å². The van der Waals surface area contributed by atoms with Crippen molar-refractivity contribution in [3.63, 3.8) is 0 Å². The lowest BCUT2D eigenvalue weighted by atomic mass is 9.93. The molecular weight excluding hydrogens is 302 g/mol. The molecule has 1 aliphatic carbocycles. The second-order valence-corrected chi connectivity index (χ2v) is 8.37. The molecule has 0 amide bonds. The van der Waals surface area contributed by atoms with Crippen LogP contribution in [0.5, 0.6) is 0 Å². The molecule has 0 saturated carbocycles. The second-order valence-electron chi connectivity index (χ2n) is 7.20. The first kappa shape index (κ1) is 15.3. The first-order chi connectivity index (χ1) is 11.2. The molecule has 1 aliphatic heterocycles. The molecular formula is C19H25N3S. The van der Waals surface area contributed by atoms with Crippen molar-refractivity contribution in [3.05, 3.63) is 51.5 Å². The van der Waals surface area contributed by atoms with E-state index in [2.05, 4.69) is 42.2 Å². The topological polar surface area (TPSA) is 42.2 Å². The molecule has 0 bridgehead atoms. The van der Waals surface area contributed by atoms with E-state index in [0.29, 0.717) is 5.92 Å². The van der Waals surface area contributed by atoms with E-state index in [4.69, 9.17) is 10.7 Å². The Bertz CT molecular complexity index is 667. The van der Waals surface area contributed by atoms with Gasteiger partial charge in [-0.2, -0.15) is 0 Å². The van der Waals surface area contributed by atoms with Crippen LogP contribution in [0.1, 0.15) is 40.4 Å². The van der Waals surface area contributed by atoms with Gasteiger partial charge in [0, 0.05) is 29.9 Å². The predicted molar refractivity (Wildman–Crippen MR) is 95.7 cm³/mol. The third-order valence-electron chi connectivity index (χ3n) is 5.26. The zero-order valence-corrected chi connectivity index (χ0v) is 14.6. The molecule has 23 heavy (non-hydrogen) atoms. The van der Waals surface area contributed by atoms with Crippen LogP contribution in [0.3, 0.4) is 0 Å². The Morgan fingerprint density at radius 3 is 2.91 bits per heavy atom. The predicted octanol–water partition coefficient (Wildman–Crippen LogP) is 3.19. The van der Waals surface area contributed by atoms with Crippen LogP contribution in [0.4, 0.5) is 0 Å². The van der Waals surface area contributed by atoms with Crippen molar-refractivity contribution < 1.29 is 0 Å². The zero-order valence-electron chi connectivity index (χ0n) is 13.7. The maximum atomic E-state index is 6.41. The minimum atomic E-state index is 0.229. The van der Waals surface area contributed by atoms with Crippen LogP contribution in [0.2, 0.25) is 0 Å². The van der Waals surface area contributed by atoms with E-state index in [9.17, 15) is 0 Å². The third-order valence-corrected chi connectivity index (χ3v) is 6.36. The number of benzene rings is 1. The number of likely N-dealkylation sites (tertiary alicyclic amines) is 1. The van der Waals surface area contributed by atoms with Gasteiger partial charge in [-0.3, -0.25) is 4.90 Å². The van der Waals surface area contributed by atoms with Crippen LogP contribution in [0.25, 0.3) is 0 Å². The highest BCUT2D eigenvalue weighted by molar-refractivity contribution is 7.11. The molecule has 2 aromatic rings. The molecule has 1 fully saturated rings. The molecule has 0 spiro atoms. The number of nitrogens with two attached hydrogens (primary N) is 1. The van der Waals surface area contributed by atoms with Crippen LogP contribution in [0, 0.1) is 5.92 Å². The van der Waals surface area contributed by atoms with Crippen LogP contribution in [-0.2, 0) is 19.4 Å². The van der Waals surface area contributed by atoms with Crippen LogP contribution in [0.15, 0.2) is 30.3 Å². The van der Waals surface area contributed by atoms with Crippen molar-refractivity contribution in [2.45, 2.75) is 44.7 Å². The molecule has 3 atom stereocenters.